The lowest BCUT2D eigenvalue weighted by molar-refractivity contribution is 0.261. The van der Waals surface area contributed by atoms with Gasteiger partial charge in [-0.15, -0.1) is 0 Å². The van der Waals surface area contributed by atoms with E-state index < -0.39 is 0 Å². The van der Waals surface area contributed by atoms with Gasteiger partial charge in [0.15, 0.2) is 0 Å². The van der Waals surface area contributed by atoms with Crippen molar-refractivity contribution in [3.05, 3.63) is 29.8 Å². The Hall–Kier alpha value is -1.10. The summed E-state index contributed by atoms with van der Waals surface area (Å²) in [5.41, 5.74) is 12.3. The lowest BCUT2D eigenvalue weighted by Crippen LogP contribution is -2.21. The van der Waals surface area contributed by atoms with Crippen LogP contribution < -0.4 is 16.2 Å². The van der Waals surface area contributed by atoms with Crippen molar-refractivity contribution in [3.63, 3.8) is 0 Å². The summed E-state index contributed by atoms with van der Waals surface area (Å²) in [7, 11) is 4.04. The van der Waals surface area contributed by atoms with Crippen LogP contribution in [0.3, 0.4) is 0 Å². The van der Waals surface area contributed by atoms with Crippen LogP contribution in [0.5, 0.6) is 5.75 Å². The Balaban J connectivity index is 2.45. The lowest BCUT2D eigenvalue weighted by atomic mass is 10.1. The number of benzene rings is 1. The Morgan fingerprint density at radius 3 is 2.38 bits per heavy atom. The Labute approximate surface area is 97.2 Å². The van der Waals surface area contributed by atoms with Crippen LogP contribution >= 0.6 is 0 Å². The molecule has 0 spiro atoms. The van der Waals surface area contributed by atoms with Gasteiger partial charge < -0.3 is 21.1 Å². The van der Waals surface area contributed by atoms with E-state index in [9.17, 15) is 0 Å². The average Bonchev–Trinajstić information content (AvgIpc) is 2.28. The molecule has 0 fully saturated rings. The van der Waals surface area contributed by atoms with E-state index in [0.717, 1.165) is 17.9 Å². The fourth-order valence-corrected chi connectivity index (χ4v) is 1.29. The molecule has 0 aliphatic heterocycles. The molecule has 0 radical (unpaired) electrons. The molecule has 0 aliphatic carbocycles. The topological polar surface area (TPSA) is 64.5 Å². The van der Waals surface area contributed by atoms with Crippen LogP contribution in [0.1, 0.15) is 11.6 Å². The molecule has 1 atom stereocenters. The maximum Gasteiger partial charge on any atom is 0.119 e. The van der Waals surface area contributed by atoms with Crippen LogP contribution in [-0.2, 0) is 0 Å². The Morgan fingerprint density at radius 2 is 1.88 bits per heavy atom. The van der Waals surface area contributed by atoms with Crippen molar-refractivity contribution in [2.75, 3.05) is 33.8 Å². The predicted octanol–water partition coefficient (Wildman–Crippen LogP) is 0.586. The predicted molar refractivity (Wildman–Crippen MR) is 66.5 cm³/mol. The van der Waals surface area contributed by atoms with Crippen LogP contribution in [-0.4, -0.2) is 38.7 Å². The molecule has 0 saturated heterocycles. The monoisotopic (exact) mass is 223 g/mol. The summed E-state index contributed by atoms with van der Waals surface area (Å²) in [6.07, 6.45) is 0. The van der Waals surface area contributed by atoms with Gasteiger partial charge in [0, 0.05) is 19.1 Å². The third kappa shape index (κ3) is 4.18. The molecule has 4 N–H and O–H groups in total. The van der Waals surface area contributed by atoms with Gasteiger partial charge in [-0.25, -0.2) is 0 Å². The Morgan fingerprint density at radius 1 is 1.25 bits per heavy atom. The van der Waals surface area contributed by atoms with Crippen molar-refractivity contribution >= 4 is 0 Å². The first-order valence-corrected chi connectivity index (χ1v) is 5.46. The van der Waals surface area contributed by atoms with E-state index in [1.165, 1.54) is 0 Å². The minimum absolute atomic E-state index is 0.0872. The highest BCUT2D eigenvalue weighted by atomic mass is 16.5. The number of hydrogen-bond donors (Lipinski definition) is 2. The van der Waals surface area contributed by atoms with Gasteiger partial charge in [0.05, 0.1) is 0 Å². The molecule has 0 aromatic heterocycles. The number of ether oxygens (including phenoxy) is 1. The number of nitrogens with two attached hydrogens (primary N) is 2. The molecular weight excluding hydrogens is 202 g/mol. The molecule has 90 valence electrons. The quantitative estimate of drug-likeness (QED) is 0.740. The molecule has 0 saturated carbocycles. The molecule has 4 nitrogen and oxygen atoms in total. The van der Waals surface area contributed by atoms with Crippen molar-refractivity contribution in [3.8, 4) is 5.75 Å². The average molecular weight is 223 g/mol. The highest BCUT2D eigenvalue weighted by Gasteiger charge is 2.03. The molecule has 1 rings (SSSR count). The minimum Gasteiger partial charge on any atom is -0.492 e. The third-order valence-electron chi connectivity index (χ3n) is 2.37. The highest BCUT2D eigenvalue weighted by molar-refractivity contribution is 5.29. The fraction of sp³-hybridized carbons (Fsp3) is 0.500. The Kier molecular flexibility index (Phi) is 5.25. The van der Waals surface area contributed by atoms with Crippen LogP contribution in [0.25, 0.3) is 0 Å². The zero-order chi connectivity index (χ0) is 12.0. The van der Waals surface area contributed by atoms with E-state index in [4.69, 9.17) is 16.2 Å². The van der Waals surface area contributed by atoms with Gasteiger partial charge in [-0.05, 0) is 31.8 Å². The van der Waals surface area contributed by atoms with Crippen molar-refractivity contribution < 1.29 is 4.74 Å². The maximum atomic E-state index is 5.81. The number of hydrogen-bond acceptors (Lipinski definition) is 4. The zero-order valence-corrected chi connectivity index (χ0v) is 10.0. The summed E-state index contributed by atoms with van der Waals surface area (Å²) in [4.78, 5) is 2.08. The largest absolute Gasteiger partial charge is 0.492 e. The zero-order valence-electron chi connectivity index (χ0n) is 10.0. The molecule has 0 unspecified atom stereocenters. The normalized spacial score (nSPS) is 12.8. The minimum atomic E-state index is -0.0872. The van der Waals surface area contributed by atoms with E-state index in [0.29, 0.717) is 13.2 Å². The molecule has 4 heteroatoms. The van der Waals surface area contributed by atoms with Gasteiger partial charge in [-0.2, -0.15) is 0 Å². The van der Waals surface area contributed by atoms with E-state index >= 15 is 0 Å². The molecule has 16 heavy (non-hydrogen) atoms. The maximum absolute atomic E-state index is 5.81. The first kappa shape index (κ1) is 13.0. The van der Waals surface area contributed by atoms with Crippen LogP contribution in [0.2, 0.25) is 0 Å². The Bertz CT molecular complexity index is 298. The number of likely N-dealkylation sites (N-methyl/N-ethyl adjacent to an activating group) is 1. The van der Waals surface area contributed by atoms with Gasteiger partial charge in [0.1, 0.15) is 12.4 Å². The van der Waals surface area contributed by atoms with Crippen molar-refractivity contribution in [1.29, 1.82) is 0 Å². The smallest absolute Gasteiger partial charge is 0.119 e. The first-order chi connectivity index (χ1) is 7.63. The van der Waals surface area contributed by atoms with Gasteiger partial charge in [0.2, 0.25) is 0 Å². The second-order valence-electron chi connectivity index (χ2n) is 4.06. The second-order valence-corrected chi connectivity index (χ2v) is 4.06. The molecule has 0 aliphatic rings. The number of nitrogens with zero attached hydrogens (tertiary/aromatic N) is 1. The fourth-order valence-electron chi connectivity index (χ4n) is 1.29. The summed E-state index contributed by atoms with van der Waals surface area (Å²) in [6.45, 7) is 2.06. The second kappa shape index (κ2) is 6.48. The van der Waals surface area contributed by atoms with Crippen molar-refractivity contribution in [1.82, 2.24) is 4.90 Å². The van der Waals surface area contributed by atoms with Gasteiger partial charge in [-0.3, -0.25) is 0 Å². The summed E-state index contributed by atoms with van der Waals surface area (Å²) in [5, 5.41) is 0. The van der Waals surface area contributed by atoms with Gasteiger partial charge in [0.25, 0.3) is 0 Å². The third-order valence-corrected chi connectivity index (χ3v) is 2.37. The van der Waals surface area contributed by atoms with E-state index in [-0.39, 0.29) is 6.04 Å². The molecule has 0 heterocycles. The highest BCUT2D eigenvalue weighted by Crippen LogP contribution is 2.15. The van der Waals surface area contributed by atoms with E-state index in [2.05, 4.69) is 4.90 Å². The number of rotatable bonds is 6. The van der Waals surface area contributed by atoms with Gasteiger partial charge in [-0.1, -0.05) is 12.1 Å². The molecular formula is C12H21N3O. The van der Waals surface area contributed by atoms with Crippen LogP contribution in [0.15, 0.2) is 24.3 Å². The summed E-state index contributed by atoms with van der Waals surface area (Å²) < 4.78 is 5.57. The van der Waals surface area contributed by atoms with Crippen molar-refractivity contribution in [2.24, 2.45) is 11.5 Å². The molecule has 1 aromatic rings. The van der Waals surface area contributed by atoms with E-state index in [1.807, 2.05) is 38.4 Å². The molecule has 1 aromatic carbocycles. The van der Waals surface area contributed by atoms with E-state index in [1.54, 1.807) is 0 Å². The summed E-state index contributed by atoms with van der Waals surface area (Å²) in [6, 6.07) is 7.70. The van der Waals surface area contributed by atoms with Crippen LogP contribution in [0, 0.1) is 0 Å². The molecule has 0 bridgehead atoms. The SMILES string of the molecule is CN(C)CCOc1ccc([C@H](N)CN)cc1. The standard InChI is InChI=1S/C12H21N3O/c1-15(2)7-8-16-11-5-3-10(4-6-11)12(14)9-13/h3-6,12H,7-9,13-14H2,1-2H3/t12-/m1/s1. The summed E-state index contributed by atoms with van der Waals surface area (Å²) >= 11 is 0. The van der Waals surface area contributed by atoms with Gasteiger partial charge >= 0.3 is 0 Å². The molecule has 0 amide bonds. The lowest BCUT2D eigenvalue weighted by Gasteiger charge is -2.12. The summed E-state index contributed by atoms with van der Waals surface area (Å²) in [5.74, 6) is 0.870. The van der Waals surface area contributed by atoms with Crippen molar-refractivity contribution in [2.45, 2.75) is 6.04 Å². The van der Waals surface area contributed by atoms with Crippen LogP contribution in [0.4, 0.5) is 0 Å². The first-order valence-electron chi connectivity index (χ1n) is 5.46.